The van der Waals surface area contributed by atoms with Crippen molar-refractivity contribution < 1.29 is 4.74 Å². The van der Waals surface area contributed by atoms with Crippen LogP contribution in [0.1, 0.15) is 25.0 Å². The summed E-state index contributed by atoms with van der Waals surface area (Å²) in [4.78, 5) is 0. The lowest BCUT2D eigenvalue weighted by molar-refractivity contribution is 0.0390. The Morgan fingerprint density at radius 1 is 0.913 bits per heavy atom. The van der Waals surface area contributed by atoms with E-state index in [1.165, 1.54) is 21.9 Å². The van der Waals surface area contributed by atoms with Gasteiger partial charge in [-0.15, -0.1) is 5.92 Å². The Hall–Kier alpha value is -2.56. The molecule has 4 rings (SSSR count). The SMILES string of the molecule is CC#CC1(OCC)c2ccccc2-c2c1ccc1ccccc21. The van der Waals surface area contributed by atoms with E-state index < -0.39 is 5.60 Å². The first-order chi connectivity index (χ1) is 11.3. The van der Waals surface area contributed by atoms with Gasteiger partial charge >= 0.3 is 0 Å². The molecule has 1 aliphatic rings. The largest absolute Gasteiger partial charge is 0.354 e. The maximum Gasteiger partial charge on any atom is 0.180 e. The van der Waals surface area contributed by atoms with Crippen LogP contribution in [0.25, 0.3) is 21.9 Å². The van der Waals surface area contributed by atoms with Gasteiger partial charge in [-0.05, 0) is 35.7 Å². The number of benzene rings is 3. The van der Waals surface area contributed by atoms with Gasteiger partial charge in [0, 0.05) is 17.7 Å². The summed E-state index contributed by atoms with van der Waals surface area (Å²) in [5.74, 6) is 6.45. The Kier molecular flexibility index (Phi) is 3.22. The van der Waals surface area contributed by atoms with Crippen molar-refractivity contribution in [2.24, 2.45) is 0 Å². The average molecular weight is 298 g/mol. The summed E-state index contributed by atoms with van der Waals surface area (Å²) in [6.07, 6.45) is 0. The lowest BCUT2D eigenvalue weighted by Crippen LogP contribution is -2.27. The quantitative estimate of drug-likeness (QED) is 0.596. The molecule has 0 saturated carbocycles. The topological polar surface area (TPSA) is 9.23 Å². The van der Waals surface area contributed by atoms with Crippen LogP contribution in [0.3, 0.4) is 0 Å². The second-order valence-corrected chi connectivity index (χ2v) is 5.74. The number of fused-ring (bicyclic) bond motifs is 5. The number of rotatable bonds is 2. The highest BCUT2D eigenvalue weighted by atomic mass is 16.5. The molecule has 0 saturated heterocycles. The summed E-state index contributed by atoms with van der Waals surface area (Å²) in [7, 11) is 0. The van der Waals surface area contributed by atoms with E-state index in [1.807, 2.05) is 13.8 Å². The van der Waals surface area contributed by atoms with Crippen molar-refractivity contribution in [3.05, 3.63) is 71.8 Å². The fourth-order valence-electron chi connectivity index (χ4n) is 3.73. The van der Waals surface area contributed by atoms with Crippen LogP contribution in [-0.4, -0.2) is 6.61 Å². The molecule has 3 aromatic carbocycles. The normalized spacial score (nSPS) is 18.2. The summed E-state index contributed by atoms with van der Waals surface area (Å²) in [6, 6.07) is 21.3. The van der Waals surface area contributed by atoms with Gasteiger partial charge in [0.05, 0.1) is 0 Å². The maximum atomic E-state index is 6.26. The third-order valence-electron chi connectivity index (χ3n) is 4.55. The van der Waals surface area contributed by atoms with Gasteiger partial charge in [-0.1, -0.05) is 66.6 Å². The molecule has 0 heterocycles. The fourth-order valence-corrected chi connectivity index (χ4v) is 3.73. The van der Waals surface area contributed by atoms with E-state index in [0.29, 0.717) is 6.61 Å². The first kappa shape index (κ1) is 14.1. The van der Waals surface area contributed by atoms with E-state index >= 15 is 0 Å². The molecule has 0 radical (unpaired) electrons. The molecule has 0 spiro atoms. The van der Waals surface area contributed by atoms with Crippen LogP contribution in [0.4, 0.5) is 0 Å². The Labute approximate surface area is 136 Å². The van der Waals surface area contributed by atoms with Crippen molar-refractivity contribution in [3.63, 3.8) is 0 Å². The highest BCUT2D eigenvalue weighted by Gasteiger charge is 2.43. The molecule has 0 aliphatic heterocycles. The second-order valence-electron chi connectivity index (χ2n) is 5.74. The molecule has 0 N–H and O–H groups in total. The first-order valence-electron chi connectivity index (χ1n) is 8.02. The van der Waals surface area contributed by atoms with Crippen LogP contribution in [0.2, 0.25) is 0 Å². The smallest absolute Gasteiger partial charge is 0.180 e. The zero-order chi connectivity index (χ0) is 15.9. The zero-order valence-corrected chi connectivity index (χ0v) is 13.4. The highest BCUT2D eigenvalue weighted by molar-refractivity contribution is 6.02. The zero-order valence-electron chi connectivity index (χ0n) is 13.4. The van der Waals surface area contributed by atoms with E-state index in [4.69, 9.17) is 4.74 Å². The van der Waals surface area contributed by atoms with Crippen molar-refractivity contribution in [1.29, 1.82) is 0 Å². The highest BCUT2D eigenvalue weighted by Crippen LogP contribution is 2.51. The van der Waals surface area contributed by atoms with Gasteiger partial charge in [0.25, 0.3) is 0 Å². The summed E-state index contributed by atoms with van der Waals surface area (Å²) in [6.45, 7) is 4.53. The van der Waals surface area contributed by atoms with E-state index in [-0.39, 0.29) is 0 Å². The van der Waals surface area contributed by atoms with Crippen LogP contribution < -0.4 is 0 Å². The summed E-state index contributed by atoms with van der Waals surface area (Å²) >= 11 is 0. The van der Waals surface area contributed by atoms with Gasteiger partial charge in [0.2, 0.25) is 0 Å². The molecule has 0 fully saturated rings. The molecule has 3 aromatic rings. The molecular weight excluding hydrogens is 280 g/mol. The molecule has 1 unspecified atom stereocenters. The first-order valence-corrected chi connectivity index (χ1v) is 8.02. The van der Waals surface area contributed by atoms with Gasteiger partial charge < -0.3 is 4.74 Å². The van der Waals surface area contributed by atoms with Crippen molar-refractivity contribution in [2.75, 3.05) is 6.61 Å². The predicted octanol–water partition coefficient (Wildman–Crippen LogP) is 5.12. The monoisotopic (exact) mass is 298 g/mol. The van der Waals surface area contributed by atoms with Crippen molar-refractivity contribution in [1.82, 2.24) is 0 Å². The average Bonchev–Trinajstić information content (AvgIpc) is 2.87. The Balaban J connectivity index is 2.18. The molecule has 23 heavy (non-hydrogen) atoms. The van der Waals surface area contributed by atoms with Gasteiger partial charge in [-0.2, -0.15) is 0 Å². The minimum absolute atomic E-state index is 0.620. The van der Waals surface area contributed by atoms with Crippen LogP contribution in [0, 0.1) is 11.8 Å². The minimum Gasteiger partial charge on any atom is -0.354 e. The summed E-state index contributed by atoms with van der Waals surface area (Å²) < 4.78 is 6.26. The summed E-state index contributed by atoms with van der Waals surface area (Å²) in [5.41, 5.74) is 4.15. The molecule has 1 atom stereocenters. The van der Waals surface area contributed by atoms with E-state index in [0.717, 1.165) is 11.1 Å². The van der Waals surface area contributed by atoms with Gasteiger partial charge in [0.1, 0.15) is 0 Å². The van der Waals surface area contributed by atoms with Crippen LogP contribution in [0.15, 0.2) is 60.7 Å². The number of hydrogen-bond acceptors (Lipinski definition) is 1. The van der Waals surface area contributed by atoms with Gasteiger partial charge in [0.15, 0.2) is 5.60 Å². The van der Waals surface area contributed by atoms with Crippen LogP contribution >= 0.6 is 0 Å². The van der Waals surface area contributed by atoms with Crippen molar-refractivity contribution >= 4 is 10.8 Å². The van der Waals surface area contributed by atoms with Crippen LogP contribution in [0.5, 0.6) is 0 Å². The minimum atomic E-state index is -0.653. The molecule has 1 aliphatic carbocycles. The Bertz CT molecular complexity index is 958. The number of hydrogen-bond donors (Lipinski definition) is 0. The standard InChI is InChI=1S/C22H18O/c1-3-15-22(23-4-2)19-12-8-7-11-18(19)21-17-10-6-5-9-16(17)13-14-20(21)22/h5-14H,4H2,1-2H3. The molecule has 0 amide bonds. The maximum absolute atomic E-state index is 6.26. The Morgan fingerprint density at radius 3 is 2.52 bits per heavy atom. The molecule has 0 aromatic heterocycles. The third kappa shape index (κ3) is 1.86. The molecule has 112 valence electrons. The molecular formula is C22H18O. The van der Waals surface area contributed by atoms with E-state index in [1.54, 1.807) is 0 Å². The van der Waals surface area contributed by atoms with Gasteiger partial charge in [-0.25, -0.2) is 0 Å². The second kappa shape index (κ2) is 5.26. The lowest BCUT2D eigenvalue weighted by atomic mass is 9.90. The van der Waals surface area contributed by atoms with Crippen molar-refractivity contribution in [2.45, 2.75) is 19.4 Å². The Morgan fingerprint density at radius 2 is 1.70 bits per heavy atom. The molecule has 0 bridgehead atoms. The lowest BCUT2D eigenvalue weighted by Gasteiger charge is -2.26. The summed E-state index contributed by atoms with van der Waals surface area (Å²) in [5, 5.41) is 2.51. The number of ether oxygens (including phenoxy) is 1. The fraction of sp³-hybridized carbons (Fsp3) is 0.182. The van der Waals surface area contributed by atoms with Crippen molar-refractivity contribution in [3.8, 4) is 23.0 Å². The van der Waals surface area contributed by atoms with Crippen LogP contribution in [-0.2, 0) is 10.3 Å². The van der Waals surface area contributed by atoms with Gasteiger partial charge in [-0.3, -0.25) is 0 Å². The predicted molar refractivity (Wildman–Crippen MR) is 95.2 cm³/mol. The van der Waals surface area contributed by atoms with E-state index in [2.05, 4.69) is 72.5 Å². The molecule has 1 nitrogen and oxygen atoms in total. The van der Waals surface area contributed by atoms with E-state index in [9.17, 15) is 0 Å². The third-order valence-corrected chi connectivity index (χ3v) is 4.55. The molecule has 1 heteroatoms.